The van der Waals surface area contributed by atoms with Gasteiger partial charge in [0, 0.05) is 4.92 Å². The predicted molar refractivity (Wildman–Crippen MR) is 76.5 cm³/mol. The number of aromatic nitrogens is 4. The molecule has 0 fully saturated rings. The van der Waals surface area contributed by atoms with Crippen molar-refractivity contribution in [2.24, 2.45) is 13.0 Å². The van der Waals surface area contributed by atoms with Crippen molar-refractivity contribution < 1.29 is 26.9 Å². The number of allylic oxidation sites excluding steroid dienone is 1. The number of halogens is 4. The smallest absolute Gasteiger partial charge is 0.418 e. The quantitative estimate of drug-likeness (QED) is 0.194. The van der Waals surface area contributed by atoms with Gasteiger partial charge in [0.05, 0.1) is 19.4 Å². The second-order valence-corrected chi connectivity index (χ2v) is 5.94. The number of nitro groups is 1. The van der Waals surface area contributed by atoms with Gasteiger partial charge in [-0.15, -0.1) is 4.68 Å². The third kappa shape index (κ3) is 3.17. The maximum atomic E-state index is 11.8. The van der Waals surface area contributed by atoms with E-state index in [-0.39, 0.29) is 10.8 Å². The fourth-order valence-corrected chi connectivity index (χ4v) is 3.21. The Morgan fingerprint density at radius 1 is 1.38 bits per heavy atom. The van der Waals surface area contributed by atoms with Crippen LogP contribution in [0.4, 0.5) is 17.3 Å². The fourth-order valence-electron chi connectivity index (χ4n) is 3.21. The summed E-state index contributed by atoms with van der Waals surface area (Å²) >= 11 is 0. The highest BCUT2D eigenvalue weighted by Crippen LogP contribution is 2.47. The second-order valence-electron chi connectivity index (χ2n) is 5.94. The third-order valence-corrected chi connectivity index (χ3v) is 4.37. The van der Waals surface area contributed by atoms with Crippen LogP contribution in [0.15, 0.2) is 17.2 Å². The molecule has 0 saturated heterocycles. The van der Waals surface area contributed by atoms with E-state index in [1.807, 2.05) is 13.0 Å². The van der Waals surface area contributed by atoms with Crippen molar-refractivity contribution in [3.05, 3.63) is 33.2 Å². The summed E-state index contributed by atoms with van der Waals surface area (Å²) < 4.78 is 42.0. The highest BCUT2D eigenvalue weighted by molar-refractivity contribution is 6.50. The highest BCUT2D eigenvalue weighted by atomic mass is 19.5. The Kier molecular flexibility index (Phi) is 4.51. The van der Waals surface area contributed by atoms with Crippen LogP contribution in [0, 0.1) is 16.0 Å². The van der Waals surface area contributed by atoms with Gasteiger partial charge < -0.3 is 17.3 Å². The first kappa shape index (κ1) is 18.1. The predicted octanol–water partition coefficient (Wildman–Crippen LogP) is 2.11. The lowest BCUT2D eigenvalue weighted by Gasteiger charge is -2.35. The molecule has 0 amide bonds. The molecule has 0 N–H and O–H groups in total. The normalized spacial score (nSPS) is 25.5. The van der Waals surface area contributed by atoms with E-state index >= 15 is 0 Å². The minimum atomic E-state index is -6.00. The Labute approximate surface area is 134 Å². The van der Waals surface area contributed by atoms with Crippen molar-refractivity contribution in [3.8, 4) is 0 Å². The van der Waals surface area contributed by atoms with Crippen molar-refractivity contribution in [1.29, 1.82) is 0 Å². The summed E-state index contributed by atoms with van der Waals surface area (Å²) in [4.78, 5) is 11.7. The van der Waals surface area contributed by atoms with Gasteiger partial charge in [0.25, 0.3) is 0 Å². The maximum absolute atomic E-state index is 11.8. The summed E-state index contributed by atoms with van der Waals surface area (Å²) in [6.07, 6.45) is 4.81. The minimum Gasteiger partial charge on any atom is -0.418 e. The van der Waals surface area contributed by atoms with E-state index in [1.165, 1.54) is 14.9 Å². The largest absolute Gasteiger partial charge is 0.673 e. The molecule has 0 radical (unpaired) electrons. The molecule has 1 aliphatic carbocycles. The monoisotopic (exact) mass is 349 g/mol. The Balaban J connectivity index is 0.000000368. The van der Waals surface area contributed by atoms with Crippen molar-refractivity contribution in [2.45, 2.75) is 32.2 Å². The van der Waals surface area contributed by atoms with E-state index in [1.54, 1.807) is 13.2 Å². The van der Waals surface area contributed by atoms with Gasteiger partial charge in [-0.25, -0.2) is 0 Å². The Morgan fingerprint density at radius 2 is 1.96 bits per heavy atom. The van der Waals surface area contributed by atoms with Crippen LogP contribution in [0.25, 0.3) is 6.20 Å². The molecule has 132 valence electrons. The number of hydrogen-bond donors (Lipinski definition) is 0. The summed E-state index contributed by atoms with van der Waals surface area (Å²) in [5, 5.41) is 19.7. The Hall–Kier alpha value is -2.27. The Morgan fingerprint density at radius 3 is 2.50 bits per heavy atom. The Bertz CT molecular complexity index is 724. The summed E-state index contributed by atoms with van der Waals surface area (Å²) in [5.74, 6) is 0.417. The molecule has 0 bridgehead atoms. The zero-order valence-corrected chi connectivity index (χ0v) is 13.3. The molecule has 24 heavy (non-hydrogen) atoms. The minimum absolute atomic E-state index is 0.136. The molecule has 2 atom stereocenters. The van der Waals surface area contributed by atoms with Gasteiger partial charge >= 0.3 is 18.6 Å². The molecule has 2 aliphatic rings. The van der Waals surface area contributed by atoms with E-state index in [2.05, 4.69) is 17.4 Å². The highest BCUT2D eigenvalue weighted by Gasteiger charge is 2.62. The molecule has 7 nitrogen and oxygen atoms in total. The molecular formula is C12H16BF4N5O2. The fraction of sp³-hybridized carbons (Fsp3) is 0.583. The summed E-state index contributed by atoms with van der Waals surface area (Å²) in [5.41, 5.74) is 1.20. The third-order valence-electron chi connectivity index (χ3n) is 4.37. The number of tetrazole rings is 1. The molecule has 0 unspecified atom stereocenters. The van der Waals surface area contributed by atoms with Crippen molar-refractivity contribution in [1.82, 2.24) is 15.1 Å². The molecule has 1 aliphatic heterocycles. The van der Waals surface area contributed by atoms with Crippen LogP contribution in [-0.2, 0) is 12.6 Å². The average Bonchev–Trinajstić information content (AvgIpc) is 2.80. The molecule has 2 heterocycles. The van der Waals surface area contributed by atoms with Crippen LogP contribution >= 0.6 is 0 Å². The van der Waals surface area contributed by atoms with E-state index < -0.39 is 12.8 Å². The van der Waals surface area contributed by atoms with Crippen molar-refractivity contribution in [2.75, 3.05) is 0 Å². The molecule has 1 aromatic rings. The summed E-state index contributed by atoms with van der Waals surface area (Å²) in [6.45, 7) is 4.03. The maximum Gasteiger partial charge on any atom is 0.673 e. The molecule has 1 aromatic heterocycles. The van der Waals surface area contributed by atoms with Crippen LogP contribution in [0.3, 0.4) is 0 Å². The van der Waals surface area contributed by atoms with Gasteiger partial charge in [-0.1, -0.05) is 15.8 Å². The van der Waals surface area contributed by atoms with E-state index in [9.17, 15) is 27.4 Å². The van der Waals surface area contributed by atoms with Crippen LogP contribution in [0.1, 0.15) is 32.5 Å². The zero-order chi connectivity index (χ0) is 18.3. The van der Waals surface area contributed by atoms with E-state index in [0.29, 0.717) is 18.7 Å². The molecule has 12 heteroatoms. The molecule has 0 aromatic carbocycles. The lowest BCUT2D eigenvalue weighted by molar-refractivity contribution is -0.763. The number of nitrogens with zero attached hydrogens (tertiary/aromatic N) is 5. The number of rotatable bonds is 1. The number of fused-ring (bicyclic) bond motifs is 3. The average molecular weight is 349 g/mol. The van der Waals surface area contributed by atoms with E-state index in [0.717, 1.165) is 5.57 Å². The first-order valence-corrected chi connectivity index (χ1v) is 7.14. The van der Waals surface area contributed by atoms with Crippen LogP contribution in [-0.4, -0.2) is 27.3 Å². The molecule has 0 saturated carbocycles. The topological polar surface area (TPSA) is 77.7 Å². The summed E-state index contributed by atoms with van der Waals surface area (Å²) in [7, 11) is -4.29. The van der Waals surface area contributed by atoms with Crippen LogP contribution < -0.4 is 4.68 Å². The first-order valence-electron chi connectivity index (χ1n) is 7.14. The lowest BCUT2D eigenvalue weighted by atomic mass is 9.69. The number of hydrogen-bond acceptors (Lipinski definition) is 4. The first-order chi connectivity index (χ1) is 11.0. The van der Waals surface area contributed by atoms with Gasteiger partial charge in [0.1, 0.15) is 11.4 Å². The standard InChI is InChI=1S/C12H16N5O2.BF4/c1-8-6-10-4-5-16-11(15(3)13-14-16)12(10,17(18)19)7-9(8)2;2-1(3,4)5/h4-5,10H,6-7H2,1-3H3;/q+1;-1/t10-,12-;/m0./s1. The zero-order valence-electron chi connectivity index (χ0n) is 13.3. The van der Waals surface area contributed by atoms with Gasteiger partial charge in [0.2, 0.25) is 0 Å². The molecular weight excluding hydrogens is 333 g/mol. The van der Waals surface area contributed by atoms with Gasteiger partial charge in [-0.2, -0.15) is 0 Å². The molecule has 3 rings (SSSR count). The molecule has 0 spiro atoms. The summed E-state index contributed by atoms with van der Waals surface area (Å²) in [6, 6.07) is 0. The van der Waals surface area contributed by atoms with Crippen molar-refractivity contribution in [3.63, 3.8) is 0 Å². The van der Waals surface area contributed by atoms with E-state index in [4.69, 9.17) is 0 Å². The lowest BCUT2D eigenvalue weighted by Crippen LogP contribution is -2.55. The van der Waals surface area contributed by atoms with Crippen LogP contribution in [0.5, 0.6) is 0 Å². The SMILES string of the molecule is CC1=C(C)C[C@@]2([N+](=O)[O-])c3n(nn[n+]3C)C=C[C@H]2C1.F[B-](F)(F)F. The van der Waals surface area contributed by atoms with Gasteiger partial charge in [-0.3, -0.25) is 10.1 Å². The van der Waals surface area contributed by atoms with Gasteiger partial charge in [0.15, 0.2) is 5.21 Å². The van der Waals surface area contributed by atoms with Crippen molar-refractivity contribution >= 4 is 13.5 Å². The number of aryl methyl sites for hydroxylation is 1. The second kappa shape index (κ2) is 5.98. The van der Waals surface area contributed by atoms with Crippen LogP contribution in [0.2, 0.25) is 0 Å². The van der Waals surface area contributed by atoms with Gasteiger partial charge in [-0.05, 0) is 26.3 Å².